The Morgan fingerprint density at radius 3 is 2.75 bits per heavy atom. The van der Waals surface area contributed by atoms with Crippen molar-refractivity contribution >= 4 is 51.0 Å². The average Bonchev–Trinajstić information content (AvgIpc) is 2.44. The van der Waals surface area contributed by atoms with Gasteiger partial charge in [-0.2, -0.15) is 0 Å². The Bertz CT molecular complexity index is 606. The predicted molar refractivity (Wildman–Crippen MR) is 87.3 cm³/mol. The van der Waals surface area contributed by atoms with Crippen LogP contribution >= 0.6 is 39.3 Å². The first-order valence-electron chi connectivity index (χ1n) is 5.90. The zero-order valence-electron chi connectivity index (χ0n) is 10.6. The Balaban J connectivity index is 1.99. The molecule has 20 heavy (non-hydrogen) atoms. The first-order valence-corrected chi connectivity index (χ1v) is 7.95. The normalized spacial score (nSPS) is 11.9. The summed E-state index contributed by atoms with van der Waals surface area (Å²) in [5.41, 5.74) is 0. The standard InChI is InChI=1S/C14H12BrClN2OS/c1-9(20-12-5-3-2-4-11(12)15)14(19)18-13-7-6-10(16)8-17-13/h2-9H,1H3,(H,17,18,19). The van der Waals surface area contributed by atoms with Crippen LogP contribution in [-0.2, 0) is 4.79 Å². The summed E-state index contributed by atoms with van der Waals surface area (Å²) in [5, 5.41) is 3.07. The lowest BCUT2D eigenvalue weighted by atomic mass is 10.4. The van der Waals surface area contributed by atoms with Gasteiger partial charge >= 0.3 is 0 Å². The first-order chi connectivity index (χ1) is 9.56. The van der Waals surface area contributed by atoms with Crippen molar-refractivity contribution in [3.05, 3.63) is 52.1 Å². The third kappa shape index (κ3) is 4.23. The predicted octanol–water partition coefficient (Wildman–Crippen LogP) is 4.62. The maximum Gasteiger partial charge on any atom is 0.238 e. The molecule has 1 N–H and O–H groups in total. The second-order valence-electron chi connectivity index (χ2n) is 4.04. The molecule has 0 fully saturated rings. The number of amides is 1. The number of halogens is 2. The van der Waals surface area contributed by atoms with E-state index in [0.29, 0.717) is 10.8 Å². The molecule has 0 saturated carbocycles. The topological polar surface area (TPSA) is 42.0 Å². The van der Waals surface area contributed by atoms with E-state index in [1.807, 2.05) is 31.2 Å². The van der Waals surface area contributed by atoms with Gasteiger partial charge in [0, 0.05) is 15.6 Å². The van der Waals surface area contributed by atoms with Crippen LogP contribution in [0.25, 0.3) is 0 Å². The van der Waals surface area contributed by atoms with Gasteiger partial charge in [-0.1, -0.05) is 23.7 Å². The number of thioether (sulfide) groups is 1. The van der Waals surface area contributed by atoms with Crippen molar-refractivity contribution in [2.75, 3.05) is 5.32 Å². The largest absolute Gasteiger partial charge is 0.310 e. The zero-order chi connectivity index (χ0) is 14.5. The van der Waals surface area contributed by atoms with Crippen molar-refractivity contribution in [1.82, 2.24) is 4.98 Å². The van der Waals surface area contributed by atoms with Gasteiger partial charge in [0.25, 0.3) is 0 Å². The van der Waals surface area contributed by atoms with Gasteiger partial charge in [-0.05, 0) is 47.1 Å². The monoisotopic (exact) mass is 370 g/mol. The van der Waals surface area contributed by atoms with Crippen LogP contribution in [0.5, 0.6) is 0 Å². The lowest BCUT2D eigenvalue weighted by Crippen LogP contribution is -2.22. The van der Waals surface area contributed by atoms with Gasteiger partial charge in [-0.3, -0.25) is 4.79 Å². The number of carbonyl (C=O) groups is 1. The molecule has 1 amide bonds. The van der Waals surface area contributed by atoms with Crippen molar-refractivity contribution in [2.24, 2.45) is 0 Å². The van der Waals surface area contributed by atoms with E-state index in [0.717, 1.165) is 9.37 Å². The molecular formula is C14H12BrClN2OS. The summed E-state index contributed by atoms with van der Waals surface area (Å²) in [6.45, 7) is 1.86. The number of nitrogens with zero attached hydrogens (tertiary/aromatic N) is 1. The van der Waals surface area contributed by atoms with Crippen LogP contribution in [0, 0.1) is 0 Å². The number of pyridine rings is 1. The maximum absolute atomic E-state index is 12.1. The van der Waals surface area contributed by atoms with Gasteiger partial charge in [0.2, 0.25) is 5.91 Å². The van der Waals surface area contributed by atoms with E-state index in [1.165, 1.54) is 18.0 Å². The van der Waals surface area contributed by atoms with Gasteiger partial charge in [0.05, 0.1) is 10.3 Å². The van der Waals surface area contributed by atoms with Crippen LogP contribution in [0.2, 0.25) is 5.02 Å². The van der Waals surface area contributed by atoms with Crippen LogP contribution in [0.3, 0.4) is 0 Å². The summed E-state index contributed by atoms with van der Waals surface area (Å²) in [7, 11) is 0. The fourth-order valence-electron chi connectivity index (χ4n) is 1.46. The molecule has 0 aliphatic carbocycles. The molecule has 1 aromatic heterocycles. The van der Waals surface area contributed by atoms with E-state index in [2.05, 4.69) is 26.2 Å². The zero-order valence-corrected chi connectivity index (χ0v) is 13.8. The molecule has 104 valence electrons. The number of carbonyl (C=O) groups excluding carboxylic acids is 1. The molecule has 1 unspecified atom stereocenters. The minimum atomic E-state index is -0.230. The summed E-state index contributed by atoms with van der Waals surface area (Å²) in [5.74, 6) is 0.402. The van der Waals surface area contributed by atoms with E-state index < -0.39 is 0 Å². The van der Waals surface area contributed by atoms with Crippen LogP contribution in [-0.4, -0.2) is 16.1 Å². The summed E-state index contributed by atoms with van der Waals surface area (Å²) in [4.78, 5) is 17.2. The molecule has 1 atom stereocenters. The highest BCUT2D eigenvalue weighted by Gasteiger charge is 2.16. The number of anilines is 1. The lowest BCUT2D eigenvalue weighted by Gasteiger charge is -2.12. The highest BCUT2D eigenvalue weighted by molar-refractivity contribution is 9.10. The van der Waals surface area contributed by atoms with Crippen molar-refractivity contribution < 1.29 is 4.79 Å². The molecule has 1 aromatic carbocycles. The number of hydrogen-bond acceptors (Lipinski definition) is 3. The van der Waals surface area contributed by atoms with Crippen LogP contribution in [0.1, 0.15) is 6.92 Å². The van der Waals surface area contributed by atoms with Crippen molar-refractivity contribution in [3.8, 4) is 0 Å². The average molecular weight is 372 g/mol. The highest BCUT2D eigenvalue weighted by Crippen LogP contribution is 2.30. The highest BCUT2D eigenvalue weighted by atomic mass is 79.9. The van der Waals surface area contributed by atoms with E-state index in [9.17, 15) is 4.79 Å². The van der Waals surface area contributed by atoms with Crippen molar-refractivity contribution in [2.45, 2.75) is 17.1 Å². The molecule has 1 heterocycles. The fraction of sp³-hybridized carbons (Fsp3) is 0.143. The Labute approximate surface area is 135 Å². The van der Waals surface area contributed by atoms with Crippen LogP contribution in [0.15, 0.2) is 52.0 Å². The van der Waals surface area contributed by atoms with Crippen molar-refractivity contribution in [3.63, 3.8) is 0 Å². The number of rotatable bonds is 4. The Morgan fingerprint density at radius 2 is 2.10 bits per heavy atom. The molecule has 6 heteroatoms. The summed E-state index contributed by atoms with van der Waals surface area (Å²) < 4.78 is 0.981. The smallest absolute Gasteiger partial charge is 0.238 e. The molecule has 0 saturated heterocycles. The molecular weight excluding hydrogens is 360 g/mol. The molecule has 2 rings (SSSR count). The molecule has 0 radical (unpaired) electrons. The van der Waals surface area contributed by atoms with Gasteiger partial charge in [-0.25, -0.2) is 4.98 Å². The molecule has 0 aliphatic rings. The SMILES string of the molecule is CC(Sc1ccccc1Br)C(=O)Nc1ccc(Cl)cn1. The molecule has 0 aliphatic heterocycles. The Morgan fingerprint density at radius 1 is 1.35 bits per heavy atom. The molecule has 2 aromatic rings. The first kappa shape index (κ1) is 15.4. The third-order valence-corrected chi connectivity index (χ3v) is 4.84. The second-order valence-corrected chi connectivity index (χ2v) is 6.71. The number of benzene rings is 1. The number of hydrogen-bond donors (Lipinski definition) is 1. The van der Waals surface area contributed by atoms with E-state index in [-0.39, 0.29) is 11.2 Å². The summed E-state index contributed by atoms with van der Waals surface area (Å²) in [6.07, 6.45) is 1.50. The number of nitrogens with one attached hydrogen (secondary N) is 1. The van der Waals surface area contributed by atoms with E-state index in [4.69, 9.17) is 11.6 Å². The van der Waals surface area contributed by atoms with Gasteiger partial charge in [0.15, 0.2) is 0 Å². The maximum atomic E-state index is 12.1. The van der Waals surface area contributed by atoms with Gasteiger partial charge < -0.3 is 5.32 Å². The van der Waals surface area contributed by atoms with Crippen molar-refractivity contribution in [1.29, 1.82) is 0 Å². The summed E-state index contributed by atoms with van der Waals surface area (Å²) >= 11 is 10.7. The minimum absolute atomic E-state index is 0.0967. The third-order valence-electron chi connectivity index (χ3n) is 2.49. The van der Waals surface area contributed by atoms with Gasteiger partial charge in [0.1, 0.15) is 5.82 Å². The Hall–Kier alpha value is -1.04. The lowest BCUT2D eigenvalue weighted by molar-refractivity contribution is -0.115. The fourth-order valence-corrected chi connectivity index (χ4v) is 3.02. The second kappa shape index (κ2) is 7.11. The van der Waals surface area contributed by atoms with E-state index >= 15 is 0 Å². The van der Waals surface area contributed by atoms with Crippen LogP contribution in [0.4, 0.5) is 5.82 Å². The molecule has 0 spiro atoms. The number of aromatic nitrogens is 1. The molecule has 3 nitrogen and oxygen atoms in total. The van der Waals surface area contributed by atoms with Crippen LogP contribution < -0.4 is 5.32 Å². The Kier molecular flexibility index (Phi) is 5.46. The quantitative estimate of drug-likeness (QED) is 0.798. The van der Waals surface area contributed by atoms with Gasteiger partial charge in [-0.15, -0.1) is 11.8 Å². The van der Waals surface area contributed by atoms with E-state index in [1.54, 1.807) is 12.1 Å². The minimum Gasteiger partial charge on any atom is -0.310 e. The molecule has 0 bridgehead atoms. The summed E-state index contributed by atoms with van der Waals surface area (Å²) in [6, 6.07) is 11.2.